The summed E-state index contributed by atoms with van der Waals surface area (Å²) in [5, 5.41) is 0. The largest absolute Gasteiger partial charge is 0.384 e. The van der Waals surface area contributed by atoms with E-state index in [1.165, 1.54) is 6.33 Å². The van der Waals surface area contributed by atoms with Gasteiger partial charge in [0.1, 0.15) is 28.1 Å². The second kappa shape index (κ2) is 6.26. The van der Waals surface area contributed by atoms with E-state index in [1.807, 2.05) is 11.8 Å². The van der Waals surface area contributed by atoms with E-state index in [-0.39, 0.29) is 21.7 Å². The van der Waals surface area contributed by atoms with Crippen molar-refractivity contribution in [3.63, 3.8) is 0 Å². The Morgan fingerprint density at radius 2 is 2.04 bits per heavy atom. The van der Waals surface area contributed by atoms with Gasteiger partial charge in [-0.1, -0.05) is 18.2 Å². The van der Waals surface area contributed by atoms with E-state index in [1.54, 1.807) is 30.3 Å². The Hall–Kier alpha value is -2.65. The van der Waals surface area contributed by atoms with Crippen molar-refractivity contribution in [2.45, 2.75) is 22.8 Å². The van der Waals surface area contributed by atoms with E-state index in [9.17, 15) is 8.42 Å². The number of aromatic amines is 1. The zero-order chi connectivity index (χ0) is 18.3. The maximum Gasteiger partial charge on any atom is 0.212 e. The van der Waals surface area contributed by atoms with Gasteiger partial charge in [0, 0.05) is 13.1 Å². The number of nitrogens with one attached hydrogen (secondary N) is 1. The summed E-state index contributed by atoms with van der Waals surface area (Å²) < 4.78 is 31.7. The summed E-state index contributed by atoms with van der Waals surface area (Å²) in [5.41, 5.74) is 6.88. The molecule has 8 nitrogen and oxygen atoms in total. The van der Waals surface area contributed by atoms with Crippen molar-refractivity contribution >= 4 is 32.5 Å². The standard InChI is InChI=1S/C17H19N5O3S/c1-11-9-22(7-8-25-11)17-14-13(19-10-20-17)15(16(18)21-14)26(23,24)12-5-3-2-4-6-12/h2-6,10-11,21H,7-9,18H2,1H3. The fourth-order valence-electron chi connectivity index (χ4n) is 3.22. The molecule has 26 heavy (non-hydrogen) atoms. The van der Waals surface area contributed by atoms with Crippen molar-refractivity contribution in [2.24, 2.45) is 0 Å². The Kier molecular flexibility index (Phi) is 4.04. The van der Waals surface area contributed by atoms with Crippen molar-refractivity contribution < 1.29 is 13.2 Å². The van der Waals surface area contributed by atoms with Crippen molar-refractivity contribution in [1.82, 2.24) is 15.0 Å². The van der Waals surface area contributed by atoms with Crippen LogP contribution < -0.4 is 10.6 Å². The number of fused-ring (bicyclic) bond motifs is 1. The molecule has 3 heterocycles. The van der Waals surface area contributed by atoms with Crippen molar-refractivity contribution in [3.8, 4) is 0 Å². The second-order valence-corrected chi connectivity index (χ2v) is 8.12. The van der Waals surface area contributed by atoms with Crippen LogP contribution in [0.4, 0.5) is 11.6 Å². The molecule has 0 saturated carbocycles. The third-order valence-corrected chi connectivity index (χ3v) is 6.25. The molecular formula is C17H19N5O3S. The molecule has 0 spiro atoms. The molecule has 1 fully saturated rings. The van der Waals surface area contributed by atoms with Gasteiger partial charge >= 0.3 is 0 Å². The van der Waals surface area contributed by atoms with Gasteiger partial charge in [-0.25, -0.2) is 18.4 Å². The SMILES string of the molecule is CC1CN(c2ncnc3c(S(=O)(=O)c4ccccc4)c(N)[nH]c23)CCO1. The Labute approximate surface area is 150 Å². The third-order valence-electron chi connectivity index (χ3n) is 4.41. The van der Waals surface area contributed by atoms with Crippen LogP contribution in [0.15, 0.2) is 46.5 Å². The van der Waals surface area contributed by atoms with Crippen molar-refractivity contribution in [3.05, 3.63) is 36.7 Å². The average Bonchev–Trinajstić information content (AvgIpc) is 2.99. The average molecular weight is 373 g/mol. The van der Waals surface area contributed by atoms with E-state index in [2.05, 4.69) is 15.0 Å². The molecule has 0 aliphatic carbocycles. The Morgan fingerprint density at radius 3 is 2.77 bits per heavy atom. The van der Waals surface area contributed by atoms with E-state index >= 15 is 0 Å². The molecule has 3 aromatic rings. The number of sulfone groups is 1. The van der Waals surface area contributed by atoms with E-state index in [0.29, 0.717) is 36.5 Å². The Balaban J connectivity index is 1.88. The first-order valence-corrected chi connectivity index (χ1v) is 9.75. The lowest BCUT2D eigenvalue weighted by molar-refractivity contribution is 0.0530. The molecule has 3 N–H and O–H groups in total. The van der Waals surface area contributed by atoms with Crippen LogP contribution >= 0.6 is 0 Å². The minimum Gasteiger partial charge on any atom is -0.384 e. The number of anilines is 2. The zero-order valence-corrected chi connectivity index (χ0v) is 15.0. The summed E-state index contributed by atoms with van der Waals surface area (Å²) >= 11 is 0. The second-order valence-electron chi connectivity index (χ2n) is 6.23. The number of hydrogen-bond donors (Lipinski definition) is 2. The number of ether oxygens (including phenoxy) is 1. The molecule has 1 saturated heterocycles. The maximum atomic E-state index is 13.1. The molecular weight excluding hydrogens is 354 g/mol. The Bertz CT molecular complexity index is 1050. The highest BCUT2D eigenvalue weighted by Gasteiger charge is 2.29. The molecule has 1 unspecified atom stereocenters. The molecule has 4 rings (SSSR count). The predicted molar refractivity (Wildman–Crippen MR) is 97.8 cm³/mol. The van der Waals surface area contributed by atoms with Crippen LogP contribution in [0.5, 0.6) is 0 Å². The van der Waals surface area contributed by atoms with E-state index in [0.717, 1.165) is 0 Å². The van der Waals surface area contributed by atoms with Gasteiger partial charge in [-0.05, 0) is 19.1 Å². The van der Waals surface area contributed by atoms with Gasteiger partial charge < -0.3 is 20.4 Å². The number of morpholine rings is 1. The number of aromatic nitrogens is 3. The van der Waals surface area contributed by atoms with Crippen LogP contribution in [0.1, 0.15) is 6.92 Å². The number of hydrogen-bond acceptors (Lipinski definition) is 7. The van der Waals surface area contributed by atoms with Crippen LogP contribution in [0.25, 0.3) is 11.0 Å². The third kappa shape index (κ3) is 2.69. The van der Waals surface area contributed by atoms with Crippen LogP contribution in [0.3, 0.4) is 0 Å². The van der Waals surface area contributed by atoms with Gasteiger partial charge in [0.2, 0.25) is 9.84 Å². The quantitative estimate of drug-likeness (QED) is 0.716. The number of H-pyrrole nitrogens is 1. The normalized spacial score (nSPS) is 18.3. The summed E-state index contributed by atoms with van der Waals surface area (Å²) in [4.78, 5) is 13.7. The number of benzene rings is 1. The van der Waals surface area contributed by atoms with Gasteiger partial charge in [-0.15, -0.1) is 0 Å². The number of rotatable bonds is 3. The van der Waals surface area contributed by atoms with Gasteiger partial charge in [0.25, 0.3) is 0 Å². The minimum atomic E-state index is -3.80. The molecule has 1 aliphatic rings. The van der Waals surface area contributed by atoms with Crippen molar-refractivity contribution in [1.29, 1.82) is 0 Å². The summed E-state index contributed by atoms with van der Waals surface area (Å²) in [6, 6.07) is 8.19. The van der Waals surface area contributed by atoms with E-state index < -0.39 is 9.84 Å². The highest BCUT2D eigenvalue weighted by Crippen LogP contribution is 2.35. The summed E-state index contributed by atoms with van der Waals surface area (Å²) in [6.07, 6.45) is 1.43. The molecule has 0 bridgehead atoms. The molecule has 0 radical (unpaired) electrons. The molecule has 1 aliphatic heterocycles. The van der Waals surface area contributed by atoms with E-state index in [4.69, 9.17) is 10.5 Å². The molecule has 1 atom stereocenters. The van der Waals surface area contributed by atoms with Crippen LogP contribution in [0, 0.1) is 0 Å². The minimum absolute atomic E-state index is 0.0105. The van der Waals surface area contributed by atoms with Crippen molar-refractivity contribution in [2.75, 3.05) is 30.3 Å². The van der Waals surface area contributed by atoms with Crippen LogP contribution in [-0.2, 0) is 14.6 Å². The topological polar surface area (TPSA) is 114 Å². The fourth-order valence-corrected chi connectivity index (χ4v) is 4.72. The summed E-state index contributed by atoms with van der Waals surface area (Å²) in [7, 11) is -3.80. The van der Waals surface area contributed by atoms with Crippen LogP contribution in [-0.4, -0.2) is 49.2 Å². The number of nitrogens with zero attached hydrogens (tertiary/aromatic N) is 3. The lowest BCUT2D eigenvalue weighted by Gasteiger charge is -2.32. The lowest BCUT2D eigenvalue weighted by Crippen LogP contribution is -2.41. The molecule has 136 valence electrons. The van der Waals surface area contributed by atoms with Crippen LogP contribution in [0.2, 0.25) is 0 Å². The number of nitrogen functional groups attached to an aromatic ring is 1. The predicted octanol–water partition coefficient (Wildman–Crippen LogP) is 1.60. The molecule has 0 amide bonds. The smallest absolute Gasteiger partial charge is 0.212 e. The summed E-state index contributed by atoms with van der Waals surface area (Å²) in [5.74, 6) is 0.693. The highest BCUT2D eigenvalue weighted by molar-refractivity contribution is 7.92. The first kappa shape index (κ1) is 16.8. The monoisotopic (exact) mass is 373 g/mol. The molecule has 2 aromatic heterocycles. The van der Waals surface area contributed by atoms with Gasteiger partial charge in [0.05, 0.1) is 17.6 Å². The lowest BCUT2D eigenvalue weighted by atomic mass is 10.3. The number of nitrogens with two attached hydrogens (primary N) is 1. The zero-order valence-electron chi connectivity index (χ0n) is 14.2. The first-order chi connectivity index (χ1) is 12.5. The maximum absolute atomic E-state index is 13.1. The molecule has 9 heteroatoms. The molecule has 1 aromatic carbocycles. The fraction of sp³-hybridized carbons (Fsp3) is 0.294. The van der Waals surface area contributed by atoms with Gasteiger partial charge in [-0.2, -0.15) is 0 Å². The van der Waals surface area contributed by atoms with Gasteiger partial charge in [-0.3, -0.25) is 0 Å². The van der Waals surface area contributed by atoms with Gasteiger partial charge in [0.15, 0.2) is 5.82 Å². The first-order valence-electron chi connectivity index (χ1n) is 8.27. The Morgan fingerprint density at radius 1 is 1.27 bits per heavy atom. The highest BCUT2D eigenvalue weighted by atomic mass is 32.2. The summed E-state index contributed by atoms with van der Waals surface area (Å²) in [6.45, 7) is 3.89.